The van der Waals surface area contributed by atoms with Crippen LogP contribution in [0, 0.1) is 6.92 Å². The highest BCUT2D eigenvalue weighted by atomic mass is 32.1. The van der Waals surface area contributed by atoms with E-state index < -0.39 is 0 Å². The van der Waals surface area contributed by atoms with Crippen LogP contribution in [0.5, 0.6) is 0 Å². The molecular formula is C12H20N2OS. The highest BCUT2D eigenvalue weighted by Crippen LogP contribution is 2.29. The first-order chi connectivity index (χ1) is 7.72. The Morgan fingerprint density at radius 3 is 3.00 bits per heavy atom. The maximum atomic E-state index is 5.93. The third kappa shape index (κ3) is 2.46. The Kier molecular flexibility index (Phi) is 3.97. The van der Waals surface area contributed by atoms with Crippen LogP contribution in [-0.2, 0) is 4.74 Å². The van der Waals surface area contributed by atoms with Gasteiger partial charge in [-0.25, -0.2) is 0 Å². The summed E-state index contributed by atoms with van der Waals surface area (Å²) in [4.78, 5) is 5.21. The van der Waals surface area contributed by atoms with Gasteiger partial charge in [-0.05, 0) is 26.0 Å². The molecule has 0 saturated carbocycles. The number of nitrogens with zero attached hydrogens (tertiary/aromatic N) is 1. The number of rotatable bonds is 3. The molecule has 2 N–H and O–H groups in total. The number of hydrogen-bond acceptors (Lipinski definition) is 4. The van der Waals surface area contributed by atoms with E-state index in [0.29, 0.717) is 18.6 Å². The largest absolute Gasteiger partial charge is 0.379 e. The van der Waals surface area contributed by atoms with Gasteiger partial charge in [0.15, 0.2) is 0 Å². The summed E-state index contributed by atoms with van der Waals surface area (Å²) in [6, 6.07) is 5.20. The minimum absolute atomic E-state index is 0.359. The van der Waals surface area contributed by atoms with Gasteiger partial charge in [0, 0.05) is 28.9 Å². The Morgan fingerprint density at radius 1 is 1.62 bits per heavy atom. The first-order valence-electron chi connectivity index (χ1n) is 5.82. The van der Waals surface area contributed by atoms with Gasteiger partial charge >= 0.3 is 0 Å². The molecule has 0 spiro atoms. The summed E-state index contributed by atoms with van der Waals surface area (Å²) in [5.41, 5.74) is 5.93. The van der Waals surface area contributed by atoms with Crippen molar-refractivity contribution in [3.63, 3.8) is 0 Å². The van der Waals surface area contributed by atoms with Crippen LogP contribution in [0.25, 0.3) is 0 Å². The molecule has 0 aliphatic carbocycles. The Hall–Kier alpha value is -0.420. The average Bonchev–Trinajstić information content (AvgIpc) is 2.69. The summed E-state index contributed by atoms with van der Waals surface area (Å²) in [7, 11) is 0. The number of thiophene rings is 1. The fourth-order valence-corrected chi connectivity index (χ4v) is 3.26. The molecule has 1 aliphatic rings. The normalized spacial score (nSPS) is 24.6. The van der Waals surface area contributed by atoms with Crippen LogP contribution in [0.15, 0.2) is 12.1 Å². The second-order valence-corrected chi connectivity index (χ2v) is 5.68. The molecule has 16 heavy (non-hydrogen) atoms. The second kappa shape index (κ2) is 5.27. The van der Waals surface area contributed by atoms with Crippen LogP contribution in [0.2, 0.25) is 0 Å². The number of hydrogen-bond donors (Lipinski definition) is 1. The first kappa shape index (κ1) is 12.0. The Labute approximate surface area is 101 Å². The number of morpholine rings is 1. The van der Waals surface area contributed by atoms with Crippen LogP contribution in [0.1, 0.15) is 22.7 Å². The predicted octanol–water partition coefficient (Wildman–Crippen LogP) is 1.78. The molecule has 1 fully saturated rings. The van der Waals surface area contributed by atoms with Crippen LogP contribution in [0.4, 0.5) is 0 Å². The molecule has 1 aromatic heterocycles. The highest BCUT2D eigenvalue weighted by molar-refractivity contribution is 7.12. The van der Waals surface area contributed by atoms with Crippen LogP contribution >= 0.6 is 11.3 Å². The summed E-state index contributed by atoms with van der Waals surface area (Å²) < 4.78 is 5.47. The Balaban J connectivity index is 2.14. The van der Waals surface area contributed by atoms with E-state index >= 15 is 0 Å². The summed E-state index contributed by atoms with van der Waals surface area (Å²) in [5, 5.41) is 0. The van der Waals surface area contributed by atoms with Crippen molar-refractivity contribution in [2.75, 3.05) is 26.3 Å². The van der Waals surface area contributed by atoms with E-state index in [2.05, 4.69) is 30.9 Å². The predicted molar refractivity (Wildman–Crippen MR) is 67.8 cm³/mol. The zero-order chi connectivity index (χ0) is 11.5. The SMILES string of the molecule is Cc1ccc(C(CN)N2CCOCC2C)s1. The molecule has 2 heterocycles. The molecule has 0 radical (unpaired) electrons. The molecular weight excluding hydrogens is 220 g/mol. The van der Waals surface area contributed by atoms with E-state index in [1.165, 1.54) is 9.75 Å². The molecule has 2 atom stereocenters. The molecule has 1 aromatic rings. The third-order valence-corrected chi connectivity index (χ3v) is 4.23. The van der Waals surface area contributed by atoms with Crippen molar-refractivity contribution in [2.24, 2.45) is 5.73 Å². The highest BCUT2D eigenvalue weighted by Gasteiger charge is 2.27. The smallest absolute Gasteiger partial charge is 0.0620 e. The average molecular weight is 240 g/mol. The van der Waals surface area contributed by atoms with Gasteiger partial charge in [-0.3, -0.25) is 4.90 Å². The van der Waals surface area contributed by atoms with E-state index in [-0.39, 0.29) is 0 Å². The minimum atomic E-state index is 0.359. The maximum absolute atomic E-state index is 5.93. The van der Waals surface area contributed by atoms with Crippen molar-refractivity contribution in [2.45, 2.75) is 25.9 Å². The molecule has 2 unspecified atom stereocenters. The van der Waals surface area contributed by atoms with Crippen LogP contribution in [-0.4, -0.2) is 37.2 Å². The van der Waals surface area contributed by atoms with Crippen molar-refractivity contribution in [3.8, 4) is 0 Å². The van der Waals surface area contributed by atoms with Crippen molar-refractivity contribution in [1.82, 2.24) is 4.90 Å². The van der Waals surface area contributed by atoms with E-state index in [0.717, 1.165) is 19.8 Å². The fraction of sp³-hybridized carbons (Fsp3) is 0.667. The lowest BCUT2D eigenvalue weighted by Gasteiger charge is -2.38. The van der Waals surface area contributed by atoms with Gasteiger partial charge in [0.05, 0.1) is 19.3 Å². The molecule has 1 aliphatic heterocycles. The molecule has 0 amide bonds. The van der Waals surface area contributed by atoms with Crippen molar-refractivity contribution >= 4 is 11.3 Å². The molecule has 3 nitrogen and oxygen atoms in total. The standard InChI is InChI=1S/C12H20N2OS/c1-9-8-15-6-5-14(9)11(7-13)12-4-3-10(2)16-12/h3-4,9,11H,5-8,13H2,1-2H3. The lowest BCUT2D eigenvalue weighted by molar-refractivity contribution is -0.0202. The molecule has 2 rings (SSSR count). The summed E-state index contributed by atoms with van der Waals surface area (Å²) in [5.74, 6) is 0. The van der Waals surface area contributed by atoms with E-state index in [4.69, 9.17) is 10.5 Å². The van der Waals surface area contributed by atoms with Gasteiger partial charge in [-0.1, -0.05) is 0 Å². The maximum Gasteiger partial charge on any atom is 0.0620 e. The number of ether oxygens (including phenoxy) is 1. The van der Waals surface area contributed by atoms with Crippen LogP contribution < -0.4 is 5.73 Å². The molecule has 0 bridgehead atoms. The topological polar surface area (TPSA) is 38.5 Å². The van der Waals surface area contributed by atoms with E-state index in [1.807, 2.05) is 11.3 Å². The lowest BCUT2D eigenvalue weighted by atomic mass is 10.1. The van der Waals surface area contributed by atoms with Crippen LogP contribution in [0.3, 0.4) is 0 Å². The lowest BCUT2D eigenvalue weighted by Crippen LogP contribution is -2.47. The first-order valence-corrected chi connectivity index (χ1v) is 6.64. The number of nitrogens with two attached hydrogens (primary N) is 1. The third-order valence-electron chi connectivity index (χ3n) is 3.13. The van der Waals surface area contributed by atoms with Gasteiger partial charge in [-0.15, -0.1) is 11.3 Å². The van der Waals surface area contributed by atoms with Gasteiger partial charge in [0.1, 0.15) is 0 Å². The molecule has 4 heteroatoms. The van der Waals surface area contributed by atoms with Crippen molar-refractivity contribution in [1.29, 1.82) is 0 Å². The summed E-state index contributed by atoms with van der Waals surface area (Å²) >= 11 is 1.85. The zero-order valence-corrected chi connectivity index (χ0v) is 10.8. The van der Waals surface area contributed by atoms with Gasteiger partial charge in [0.2, 0.25) is 0 Å². The minimum Gasteiger partial charge on any atom is -0.379 e. The second-order valence-electron chi connectivity index (χ2n) is 4.36. The quantitative estimate of drug-likeness (QED) is 0.875. The Morgan fingerprint density at radius 2 is 2.44 bits per heavy atom. The monoisotopic (exact) mass is 240 g/mol. The van der Waals surface area contributed by atoms with Crippen molar-refractivity contribution < 1.29 is 4.74 Å². The summed E-state index contributed by atoms with van der Waals surface area (Å²) in [6.45, 7) is 7.67. The fourth-order valence-electron chi connectivity index (χ4n) is 2.25. The summed E-state index contributed by atoms with van der Waals surface area (Å²) in [6.07, 6.45) is 0. The van der Waals surface area contributed by atoms with Gasteiger partial charge in [-0.2, -0.15) is 0 Å². The molecule has 90 valence electrons. The zero-order valence-electron chi connectivity index (χ0n) is 9.98. The van der Waals surface area contributed by atoms with E-state index in [9.17, 15) is 0 Å². The van der Waals surface area contributed by atoms with Gasteiger partial charge in [0.25, 0.3) is 0 Å². The van der Waals surface area contributed by atoms with E-state index in [1.54, 1.807) is 0 Å². The van der Waals surface area contributed by atoms with Gasteiger partial charge < -0.3 is 10.5 Å². The molecule has 0 aromatic carbocycles. The van der Waals surface area contributed by atoms with Crippen molar-refractivity contribution in [3.05, 3.63) is 21.9 Å². The number of aryl methyl sites for hydroxylation is 1. The Bertz CT molecular complexity index is 340. The molecule has 1 saturated heterocycles.